The number of anilines is 1. The number of pyridine rings is 1. The summed E-state index contributed by atoms with van der Waals surface area (Å²) in [6.07, 6.45) is 5.01. The number of likely N-dealkylation sites (tertiary alicyclic amines) is 1. The molecule has 8 nitrogen and oxygen atoms in total. The first-order chi connectivity index (χ1) is 14.9. The van der Waals surface area contributed by atoms with Gasteiger partial charge in [-0.1, -0.05) is 19.0 Å². The Morgan fingerprint density at radius 1 is 1.23 bits per heavy atom. The van der Waals surface area contributed by atoms with Crippen molar-refractivity contribution in [2.45, 2.75) is 45.4 Å². The van der Waals surface area contributed by atoms with E-state index in [1.807, 2.05) is 12.1 Å². The molecule has 4 heterocycles. The van der Waals surface area contributed by atoms with Crippen LogP contribution in [0.2, 0.25) is 0 Å². The van der Waals surface area contributed by atoms with Crippen LogP contribution in [0.1, 0.15) is 60.8 Å². The van der Waals surface area contributed by atoms with Gasteiger partial charge >= 0.3 is 0 Å². The third kappa shape index (κ3) is 4.29. The maximum atomic E-state index is 13.3. The number of carbonyl (C=O) groups excluding carboxylic acids is 2. The summed E-state index contributed by atoms with van der Waals surface area (Å²) >= 11 is 0. The van der Waals surface area contributed by atoms with Crippen molar-refractivity contribution >= 4 is 17.6 Å². The minimum absolute atomic E-state index is 0.0611. The zero-order valence-electron chi connectivity index (χ0n) is 18.6. The molecule has 0 saturated carbocycles. The first kappa shape index (κ1) is 21.3. The molecule has 31 heavy (non-hydrogen) atoms. The lowest BCUT2D eigenvalue weighted by Gasteiger charge is -2.26. The monoisotopic (exact) mass is 425 g/mol. The minimum Gasteiger partial charge on any atom is -0.361 e. The smallest absolute Gasteiger partial charge is 0.254 e. The highest BCUT2D eigenvalue weighted by molar-refractivity contribution is 5.96. The lowest BCUT2D eigenvalue weighted by Crippen LogP contribution is -2.44. The molecule has 166 valence electrons. The molecule has 0 spiro atoms. The first-order valence-corrected chi connectivity index (χ1v) is 11.1. The van der Waals surface area contributed by atoms with Crippen LogP contribution >= 0.6 is 0 Å². The molecule has 0 bridgehead atoms. The Morgan fingerprint density at radius 2 is 2.00 bits per heavy atom. The molecule has 2 aromatic rings. The second-order valence-corrected chi connectivity index (χ2v) is 8.98. The van der Waals surface area contributed by atoms with Gasteiger partial charge in [0.05, 0.1) is 11.1 Å². The molecule has 2 fully saturated rings. The van der Waals surface area contributed by atoms with Crippen LogP contribution in [0.5, 0.6) is 0 Å². The molecule has 4 rings (SSSR count). The molecule has 0 radical (unpaired) electrons. The van der Waals surface area contributed by atoms with Crippen LogP contribution in [0.15, 0.2) is 28.9 Å². The topological polar surface area (TPSA) is 91.6 Å². The van der Waals surface area contributed by atoms with Crippen molar-refractivity contribution in [3.8, 4) is 0 Å². The fourth-order valence-electron chi connectivity index (χ4n) is 4.59. The summed E-state index contributed by atoms with van der Waals surface area (Å²) in [6, 6.07) is 5.55. The van der Waals surface area contributed by atoms with Crippen molar-refractivity contribution in [2.24, 2.45) is 5.41 Å². The molecule has 2 saturated heterocycles. The van der Waals surface area contributed by atoms with E-state index in [-0.39, 0.29) is 17.7 Å². The average molecular weight is 426 g/mol. The highest BCUT2D eigenvalue weighted by Gasteiger charge is 2.46. The molecule has 1 N–H and O–H groups in total. The summed E-state index contributed by atoms with van der Waals surface area (Å²) in [4.78, 5) is 34.6. The molecule has 2 amide bonds. The SMILES string of the molecule is CNC(=O)[C@]1(Cc2cc(C(C)C)no2)CCN(C(=O)c2ccnc(N3CCCC3)c2)C1. The van der Waals surface area contributed by atoms with Crippen LogP contribution in [0.3, 0.4) is 0 Å². The highest BCUT2D eigenvalue weighted by atomic mass is 16.5. The highest BCUT2D eigenvalue weighted by Crippen LogP contribution is 2.36. The third-order valence-electron chi connectivity index (χ3n) is 6.45. The molecular formula is C23H31N5O3. The van der Waals surface area contributed by atoms with Gasteiger partial charge in [0.2, 0.25) is 5.91 Å². The molecule has 1 atom stereocenters. The van der Waals surface area contributed by atoms with E-state index in [0.29, 0.717) is 37.3 Å². The quantitative estimate of drug-likeness (QED) is 0.765. The fourth-order valence-corrected chi connectivity index (χ4v) is 4.59. The Balaban J connectivity index is 1.52. The van der Waals surface area contributed by atoms with Crippen molar-refractivity contribution in [1.29, 1.82) is 0 Å². The standard InChI is InChI=1S/C23H31N5O3/c1-16(2)19-13-18(31-26-19)14-23(22(30)24-3)7-11-28(15-23)21(29)17-6-8-25-20(12-17)27-9-4-5-10-27/h6,8,12-13,16H,4-5,7,9-11,14-15H2,1-3H3,(H,24,30)/t23-/m0/s1. The second-order valence-electron chi connectivity index (χ2n) is 8.98. The fraction of sp³-hybridized carbons (Fsp3) is 0.565. The van der Waals surface area contributed by atoms with Crippen LogP contribution in [0.4, 0.5) is 5.82 Å². The van der Waals surface area contributed by atoms with E-state index in [1.54, 1.807) is 24.2 Å². The molecule has 8 heteroatoms. The van der Waals surface area contributed by atoms with Gasteiger partial charge in [0.25, 0.3) is 5.91 Å². The van der Waals surface area contributed by atoms with Crippen LogP contribution in [-0.2, 0) is 11.2 Å². The van der Waals surface area contributed by atoms with E-state index in [2.05, 4.69) is 34.2 Å². The van der Waals surface area contributed by atoms with Crippen molar-refractivity contribution < 1.29 is 14.1 Å². The number of hydrogen-bond acceptors (Lipinski definition) is 6. The van der Waals surface area contributed by atoms with E-state index in [0.717, 1.165) is 37.4 Å². The van der Waals surface area contributed by atoms with Gasteiger partial charge in [0.1, 0.15) is 11.6 Å². The Bertz CT molecular complexity index is 950. The Morgan fingerprint density at radius 3 is 2.68 bits per heavy atom. The van der Waals surface area contributed by atoms with E-state index < -0.39 is 5.41 Å². The summed E-state index contributed by atoms with van der Waals surface area (Å²) in [5.41, 5.74) is 0.772. The van der Waals surface area contributed by atoms with Crippen molar-refractivity contribution in [3.63, 3.8) is 0 Å². The van der Waals surface area contributed by atoms with Gasteiger partial charge in [0.15, 0.2) is 0 Å². The van der Waals surface area contributed by atoms with Gasteiger partial charge in [-0.2, -0.15) is 0 Å². The normalized spacial score (nSPS) is 21.2. The maximum absolute atomic E-state index is 13.3. The summed E-state index contributed by atoms with van der Waals surface area (Å²) in [6.45, 7) is 6.94. The maximum Gasteiger partial charge on any atom is 0.254 e. The third-order valence-corrected chi connectivity index (χ3v) is 6.45. The lowest BCUT2D eigenvalue weighted by atomic mass is 9.81. The van der Waals surface area contributed by atoms with E-state index in [9.17, 15) is 9.59 Å². The summed E-state index contributed by atoms with van der Waals surface area (Å²) < 4.78 is 5.51. The predicted molar refractivity (Wildman–Crippen MR) is 117 cm³/mol. The molecule has 2 aromatic heterocycles. The van der Waals surface area contributed by atoms with Crippen LogP contribution in [0.25, 0.3) is 0 Å². The van der Waals surface area contributed by atoms with Gasteiger partial charge in [-0.05, 0) is 37.3 Å². The Labute approximate surface area is 183 Å². The van der Waals surface area contributed by atoms with Crippen molar-refractivity contribution in [3.05, 3.63) is 41.4 Å². The second kappa shape index (κ2) is 8.69. The minimum atomic E-state index is -0.719. The largest absolute Gasteiger partial charge is 0.361 e. The van der Waals surface area contributed by atoms with Crippen molar-refractivity contribution in [1.82, 2.24) is 20.4 Å². The van der Waals surface area contributed by atoms with Gasteiger partial charge in [-0.15, -0.1) is 0 Å². The van der Waals surface area contributed by atoms with Gasteiger partial charge < -0.3 is 19.6 Å². The van der Waals surface area contributed by atoms with Crippen molar-refractivity contribution in [2.75, 3.05) is 38.1 Å². The summed E-state index contributed by atoms with van der Waals surface area (Å²) in [5, 5.41) is 6.91. The Kier molecular flexibility index (Phi) is 5.98. The molecular weight excluding hydrogens is 394 g/mol. The van der Waals surface area contributed by atoms with Crippen LogP contribution in [0, 0.1) is 5.41 Å². The van der Waals surface area contributed by atoms with Crippen LogP contribution < -0.4 is 10.2 Å². The number of carbonyl (C=O) groups is 2. The Hall–Kier alpha value is -2.90. The molecule has 0 unspecified atom stereocenters. The predicted octanol–water partition coefficient (Wildman–Crippen LogP) is 2.61. The molecule has 0 aromatic carbocycles. The van der Waals surface area contributed by atoms with E-state index >= 15 is 0 Å². The first-order valence-electron chi connectivity index (χ1n) is 11.1. The number of nitrogens with one attached hydrogen (secondary N) is 1. The number of rotatable bonds is 6. The molecule has 0 aliphatic carbocycles. The average Bonchev–Trinajstić information content (AvgIpc) is 3.54. The van der Waals surface area contributed by atoms with E-state index in [4.69, 9.17) is 4.52 Å². The zero-order valence-corrected chi connectivity index (χ0v) is 18.6. The van der Waals surface area contributed by atoms with Gasteiger partial charge in [-0.25, -0.2) is 4.98 Å². The van der Waals surface area contributed by atoms with Gasteiger partial charge in [0, 0.05) is 57.5 Å². The zero-order chi connectivity index (χ0) is 22.0. The van der Waals surface area contributed by atoms with E-state index in [1.165, 1.54) is 0 Å². The van der Waals surface area contributed by atoms with Gasteiger partial charge in [-0.3, -0.25) is 9.59 Å². The van der Waals surface area contributed by atoms with Crippen LogP contribution in [-0.4, -0.2) is 60.1 Å². The number of hydrogen-bond donors (Lipinski definition) is 1. The summed E-state index contributed by atoms with van der Waals surface area (Å²) in [7, 11) is 1.64. The summed E-state index contributed by atoms with van der Waals surface area (Å²) in [5.74, 6) is 1.66. The molecule has 2 aliphatic rings. The number of aromatic nitrogens is 2. The number of nitrogens with zero attached hydrogens (tertiary/aromatic N) is 4. The molecule has 2 aliphatic heterocycles. The number of amides is 2. The lowest BCUT2D eigenvalue weighted by molar-refractivity contribution is -0.130.